The molecule has 6 nitrogen and oxygen atoms in total. The predicted octanol–water partition coefficient (Wildman–Crippen LogP) is 0.934. The summed E-state index contributed by atoms with van der Waals surface area (Å²) in [5.74, 6) is -3.31. The van der Waals surface area contributed by atoms with Gasteiger partial charge in [0.1, 0.15) is 5.85 Å². The second kappa shape index (κ2) is 6.82. The third-order valence-electron chi connectivity index (χ3n) is 2.90. The number of nitrogens with two attached hydrogens (primary N) is 2. The number of hydrogen-bond donors (Lipinski definition) is 4. The molecule has 0 bridgehead atoms. The van der Waals surface area contributed by atoms with E-state index in [0.29, 0.717) is 0 Å². The predicted molar refractivity (Wildman–Crippen MR) is 72.8 cm³/mol. The molecule has 7 heteroatoms. The summed E-state index contributed by atoms with van der Waals surface area (Å²) in [4.78, 5) is 10.4. The first-order valence-electron chi connectivity index (χ1n) is 5.91. The maximum Gasteiger partial charge on any atom is 0.303 e. The molecule has 0 radical (unpaired) electrons. The van der Waals surface area contributed by atoms with Gasteiger partial charge < -0.3 is 20.5 Å². The van der Waals surface area contributed by atoms with Crippen molar-refractivity contribution in [1.29, 1.82) is 0 Å². The van der Waals surface area contributed by atoms with Crippen molar-refractivity contribution in [1.82, 2.24) is 0 Å². The summed E-state index contributed by atoms with van der Waals surface area (Å²) < 4.78 is 12.2. The van der Waals surface area contributed by atoms with Crippen LogP contribution in [0.3, 0.4) is 0 Å². The summed E-state index contributed by atoms with van der Waals surface area (Å²) in [5.41, 5.74) is 12.1. The van der Waals surface area contributed by atoms with Crippen LogP contribution in [0, 0.1) is 0 Å². The van der Waals surface area contributed by atoms with Crippen LogP contribution in [0.25, 0.3) is 0 Å². The van der Waals surface area contributed by atoms with Crippen LogP contribution in [0.5, 0.6) is 0 Å². The highest BCUT2D eigenvalue weighted by Gasteiger charge is 2.34. The van der Waals surface area contributed by atoms with Crippen molar-refractivity contribution in [3.8, 4) is 0 Å². The van der Waals surface area contributed by atoms with Crippen LogP contribution in [0.15, 0.2) is 30.3 Å². The van der Waals surface area contributed by atoms with Crippen LogP contribution in [-0.4, -0.2) is 27.8 Å². The number of rotatable bonds is 7. The molecule has 1 aromatic rings. The summed E-state index contributed by atoms with van der Waals surface area (Å²) in [6.07, 6.45) is -0.106. The highest BCUT2D eigenvalue weighted by atomic mass is 31.2. The Morgan fingerprint density at radius 2 is 1.89 bits per heavy atom. The van der Waals surface area contributed by atoms with E-state index >= 15 is 0 Å². The first kappa shape index (κ1) is 15.9. The molecule has 1 aromatic carbocycles. The molecule has 2 unspecified atom stereocenters. The fraction of sp³-hybridized carbons (Fsp3) is 0.417. The molecule has 0 saturated carbocycles. The van der Waals surface area contributed by atoms with Crippen LogP contribution in [0.4, 0.5) is 0 Å². The zero-order chi connectivity index (χ0) is 14.5. The van der Waals surface area contributed by atoms with Crippen LogP contribution in [0.1, 0.15) is 18.4 Å². The van der Waals surface area contributed by atoms with Crippen molar-refractivity contribution in [2.75, 3.05) is 0 Å². The standard InChI is InChI=1S/C12H19N2O4P/c13-10(6-7-11(15)16)19(14,18)12(17)8-9-4-2-1-3-5-9/h1-5,10,12,17H,6-8,13H2,(H2,14,18)(H,15,16)/t10?,12-,19?/m0/s1. The summed E-state index contributed by atoms with van der Waals surface area (Å²) in [7, 11) is -3.53. The third-order valence-corrected chi connectivity index (χ3v) is 5.31. The van der Waals surface area contributed by atoms with E-state index in [9.17, 15) is 14.5 Å². The lowest BCUT2D eigenvalue weighted by atomic mass is 10.2. The molecule has 0 aromatic heterocycles. The van der Waals surface area contributed by atoms with Gasteiger partial charge in [0.15, 0.2) is 7.29 Å². The SMILES string of the molecule is NC(CCC(=O)O)P(N)(=O)[C@H](O)Cc1ccccc1. The number of benzene rings is 1. The van der Waals surface area contributed by atoms with Crippen molar-refractivity contribution < 1.29 is 19.6 Å². The van der Waals surface area contributed by atoms with E-state index in [1.807, 2.05) is 6.07 Å². The molecular weight excluding hydrogens is 267 g/mol. The molecule has 0 fully saturated rings. The number of aliphatic carboxylic acids is 1. The lowest BCUT2D eigenvalue weighted by Crippen LogP contribution is -2.32. The molecule has 1 rings (SSSR count). The molecule has 3 atom stereocenters. The first-order valence-corrected chi connectivity index (χ1v) is 7.83. The molecule has 0 spiro atoms. The Balaban J connectivity index is 2.65. The number of carboxylic acid groups (broad SMARTS) is 1. The van der Waals surface area contributed by atoms with E-state index in [1.165, 1.54) is 0 Å². The van der Waals surface area contributed by atoms with E-state index in [1.54, 1.807) is 24.3 Å². The quantitative estimate of drug-likeness (QED) is 0.552. The van der Waals surface area contributed by atoms with Gasteiger partial charge in [-0.25, -0.2) is 0 Å². The summed E-state index contributed by atoms with van der Waals surface area (Å²) in [5, 5.41) is 18.5. The minimum Gasteiger partial charge on any atom is -0.481 e. The fourth-order valence-corrected chi connectivity index (χ4v) is 3.13. The maximum absolute atomic E-state index is 12.2. The van der Waals surface area contributed by atoms with Gasteiger partial charge in [0.05, 0.1) is 5.78 Å². The van der Waals surface area contributed by atoms with E-state index in [-0.39, 0.29) is 19.3 Å². The highest BCUT2D eigenvalue weighted by Crippen LogP contribution is 2.46. The molecule has 0 saturated heterocycles. The van der Waals surface area contributed by atoms with Crippen molar-refractivity contribution in [3.05, 3.63) is 35.9 Å². The van der Waals surface area contributed by atoms with Gasteiger partial charge in [-0.15, -0.1) is 0 Å². The number of carboxylic acids is 1. The maximum atomic E-state index is 12.2. The fourth-order valence-electron chi connectivity index (χ4n) is 1.66. The Kier molecular flexibility index (Phi) is 5.69. The van der Waals surface area contributed by atoms with Gasteiger partial charge in [0.2, 0.25) is 0 Å². The molecular formula is C12H19N2O4P. The first-order chi connectivity index (χ1) is 8.84. The monoisotopic (exact) mass is 286 g/mol. The van der Waals surface area contributed by atoms with Gasteiger partial charge in [-0.3, -0.25) is 10.3 Å². The number of aliphatic hydroxyl groups is 1. The van der Waals surface area contributed by atoms with Gasteiger partial charge in [0.25, 0.3) is 0 Å². The van der Waals surface area contributed by atoms with Gasteiger partial charge in [-0.05, 0) is 12.0 Å². The Morgan fingerprint density at radius 1 is 1.32 bits per heavy atom. The summed E-state index contributed by atoms with van der Waals surface area (Å²) in [6.45, 7) is 0. The van der Waals surface area contributed by atoms with Gasteiger partial charge in [-0.1, -0.05) is 30.3 Å². The van der Waals surface area contributed by atoms with E-state index in [0.717, 1.165) is 5.56 Å². The zero-order valence-electron chi connectivity index (χ0n) is 10.5. The number of hydrogen-bond acceptors (Lipinski definition) is 4. The van der Waals surface area contributed by atoms with Crippen LogP contribution < -0.4 is 11.2 Å². The van der Waals surface area contributed by atoms with Crippen molar-refractivity contribution >= 4 is 13.3 Å². The molecule has 6 N–H and O–H groups in total. The number of aliphatic hydroxyl groups excluding tert-OH is 1. The molecule has 0 amide bonds. The van der Waals surface area contributed by atoms with Crippen LogP contribution in [-0.2, 0) is 15.8 Å². The normalized spacial score (nSPS) is 17.4. The van der Waals surface area contributed by atoms with E-state index < -0.39 is 24.9 Å². The summed E-state index contributed by atoms with van der Waals surface area (Å²) in [6, 6.07) is 9.00. The van der Waals surface area contributed by atoms with Gasteiger partial charge in [0, 0.05) is 12.8 Å². The molecule has 19 heavy (non-hydrogen) atoms. The van der Waals surface area contributed by atoms with E-state index in [2.05, 4.69) is 0 Å². The minimum absolute atomic E-state index is 0.0189. The third kappa shape index (κ3) is 4.76. The topological polar surface area (TPSA) is 127 Å². The largest absolute Gasteiger partial charge is 0.481 e. The van der Waals surface area contributed by atoms with Gasteiger partial charge in [-0.2, -0.15) is 0 Å². The molecule has 0 aliphatic heterocycles. The average Bonchev–Trinajstić information content (AvgIpc) is 2.36. The van der Waals surface area contributed by atoms with Crippen LogP contribution >= 0.6 is 7.29 Å². The lowest BCUT2D eigenvalue weighted by molar-refractivity contribution is -0.137. The van der Waals surface area contributed by atoms with Crippen molar-refractivity contribution in [2.24, 2.45) is 11.2 Å². The van der Waals surface area contributed by atoms with E-state index in [4.69, 9.17) is 16.3 Å². The highest BCUT2D eigenvalue weighted by molar-refractivity contribution is 7.62. The Bertz CT molecular complexity index is 466. The van der Waals surface area contributed by atoms with Gasteiger partial charge >= 0.3 is 5.97 Å². The van der Waals surface area contributed by atoms with Crippen molar-refractivity contribution in [2.45, 2.75) is 30.9 Å². The Hall–Kier alpha value is -1.20. The molecule has 0 aliphatic rings. The molecule has 106 valence electrons. The molecule has 0 heterocycles. The Labute approximate surface area is 111 Å². The Morgan fingerprint density at radius 3 is 2.42 bits per heavy atom. The van der Waals surface area contributed by atoms with Crippen LogP contribution in [0.2, 0.25) is 0 Å². The average molecular weight is 286 g/mol. The second-order valence-electron chi connectivity index (χ2n) is 4.43. The number of carbonyl (C=O) groups is 1. The smallest absolute Gasteiger partial charge is 0.303 e. The second-order valence-corrected chi connectivity index (χ2v) is 7.22. The zero-order valence-corrected chi connectivity index (χ0v) is 11.4. The molecule has 0 aliphatic carbocycles. The minimum atomic E-state index is -3.53. The lowest BCUT2D eigenvalue weighted by Gasteiger charge is -2.25. The summed E-state index contributed by atoms with van der Waals surface area (Å²) >= 11 is 0. The van der Waals surface area contributed by atoms with Crippen molar-refractivity contribution in [3.63, 3.8) is 0 Å².